The Morgan fingerprint density at radius 2 is 2.33 bits per heavy atom. The van der Waals surface area contributed by atoms with Gasteiger partial charge in [0.05, 0.1) is 0 Å². The zero-order chi connectivity index (χ0) is 7.11. The molecule has 3 heteroatoms. The van der Waals surface area contributed by atoms with Gasteiger partial charge in [-0.15, -0.1) is 0 Å². The standard InChI is InChI=1S/C6H11O2.Ti/c1-3-4-5-8-6(2)7;/h2-5H2,1H3;. The third-order valence-electron chi connectivity index (χ3n) is 0.905. The average Bonchev–Trinajstić information content (AvgIpc) is 1.89. The zero-order valence-corrected chi connectivity index (χ0v) is 7.21. The first-order valence-corrected chi connectivity index (χ1v) is 4.22. The minimum absolute atomic E-state index is 0.0940. The molecule has 0 saturated carbocycles. The topological polar surface area (TPSA) is 26.3 Å². The summed E-state index contributed by atoms with van der Waals surface area (Å²) in [4.78, 5) is 10.5. The number of esters is 1. The normalized spacial score (nSPS) is 8.89. The quantitative estimate of drug-likeness (QED) is 0.354. The summed E-state index contributed by atoms with van der Waals surface area (Å²) in [7, 11) is 0. The summed E-state index contributed by atoms with van der Waals surface area (Å²) in [6, 6.07) is 0. The van der Waals surface area contributed by atoms with Crippen molar-refractivity contribution in [2.75, 3.05) is 6.61 Å². The molecule has 0 aliphatic rings. The number of ether oxygens (including phenoxy) is 1. The zero-order valence-electron chi connectivity index (χ0n) is 5.64. The molecule has 0 aliphatic heterocycles. The Kier molecular flexibility index (Phi) is 6.44. The van der Waals surface area contributed by atoms with E-state index in [4.69, 9.17) is 4.74 Å². The molecule has 51 valence electrons. The van der Waals surface area contributed by atoms with E-state index in [0.29, 0.717) is 11.3 Å². The molecular formula is C6H11O2Ti. The fraction of sp³-hybridized carbons (Fsp3) is 0.833. The Balaban J connectivity index is 2.97. The van der Waals surface area contributed by atoms with Gasteiger partial charge in [0.2, 0.25) is 0 Å². The van der Waals surface area contributed by atoms with E-state index < -0.39 is 0 Å². The molecule has 0 aromatic rings. The van der Waals surface area contributed by atoms with Crippen LogP contribution < -0.4 is 0 Å². The summed E-state index contributed by atoms with van der Waals surface area (Å²) in [5, 5.41) is 0. The minimum atomic E-state index is -0.0940. The van der Waals surface area contributed by atoms with Gasteiger partial charge in [-0.3, -0.25) is 0 Å². The van der Waals surface area contributed by atoms with Gasteiger partial charge in [0.1, 0.15) is 0 Å². The second-order valence-corrected chi connectivity index (χ2v) is 2.30. The van der Waals surface area contributed by atoms with Crippen molar-refractivity contribution < 1.29 is 30.0 Å². The molecule has 0 amide bonds. The third-order valence-corrected chi connectivity index (χ3v) is 1.36. The summed E-state index contributed by atoms with van der Waals surface area (Å²) in [6.07, 6.45) is 2.06. The van der Waals surface area contributed by atoms with Gasteiger partial charge in [-0.05, 0) is 0 Å². The van der Waals surface area contributed by atoms with Crippen molar-refractivity contribution >= 4 is 5.97 Å². The first kappa shape index (κ1) is 9.18. The predicted molar refractivity (Wildman–Crippen MR) is 30.7 cm³/mol. The number of hydrogen-bond donors (Lipinski definition) is 0. The molecule has 0 fully saturated rings. The van der Waals surface area contributed by atoms with E-state index in [-0.39, 0.29) is 5.97 Å². The molecule has 0 N–H and O–H groups in total. The molecule has 0 rings (SSSR count). The van der Waals surface area contributed by atoms with Gasteiger partial charge in [0.25, 0.3) is 0 Å². The molecule has 2 nitrogen and oxygen atoms in total. The number of hydrogen-bond acceptors (Lipinski definition) is 2. The number of rotatable bonds is 4. The SMILES string of the molecule is CCCCOC(=O)[CH2][Ti]. The van der Waals surface area contributed by atoms with Crippen LogP contribution in [0.1, 0.15) is 19.8 Å². The number of carbonyl (C=O) groups is 1. The number of carbonyl (C=O) groups excluding carboxylic acids is 1. The molecule has 0 aliphatic carbocycles. The molecule has 9 heavy (non-hydrogen) atoms. The van der Waals surface area contributed by atoms with Crippen molar-refractivity contribution in [3.8, 4) is 0 Å². The van der Waals surface area contributed by atoms with Gasteiger partial charge in [0.15, 0.2) is 0 Å². The van der Waals surface area contributed by atoms with Crippen LogP contribution in [0.15, 0.2) is 0 Å². The first-order valence-electron chi connectivity index (χ1n) is 3.11. The van der Waals surface area contributed by atoms with Crippen molar-refractivity contribution in [1.82, 2.24) is 0 Å². The second-order valence-electron chi connectivity index (χ2n) is 1.75. The Bertz CT molecular complexity index is 83.1. The summed E-state index contributed by atoms with van der Waals surface area (Å²) >= 11 is 1.80. The van der Waals surface area contributed by atoms with E-state index in [9.17, 15) is 4.79 Å². The van der Waals surface area contributed by atoms with Crippen LogP contribution in [0.25, 0.3) is 0 Å². The fourth-order valence-electron chi connectivity index (χ4n) is 0.381. The fourth-order valence-corrected chi connectivity index (χ4v) is 0.541. The van der Waals surface area contributed by atoms with Crippen molar-refractivity contribution in [2.45, 2.75) is 24.5 Å². The van der Waals surface area contributed by atoms with E-state index in [1.165, 1.54) is 0 Å². The monoisotopic (exact) mass is 163 g/mol. The Hall–Kier alpha value is 0.184. The molecule has 0 unspecified atom stereocenters. The molecule has 0 saturated heterocycles. The summed E-state index contributed by atoms with van der Waals surface area (Å²) in [5.41, 5.74) is 0. The summed E-state index contributed by atoms with van der Waals surface area (Å²) < 4.78 is 5.28. The predicted octanol–water partition coefficient (Wildman–Crippen LogP) is 1.29. The maximum atomic E-state index is 10.5. The Morgan fingerprint density at radius 3 is 2.78 bits per heavy atom. The van der Waals surface area contributed by atoms with E-state index in [0.717, 1.165) is 12.8 Å². The Morgan fingerprint density at radius 1 is 1.67 bits per heavy atom. The van der Waals surface area contributed by atoms with Crippen LogP contribution in [0.4, 0.5) is 0 Å². The molecule has 0 atom stereocenters. The van der Waals surface area contributed by atoms with Crippen molar-refractivity contribution in [2.24, 2.45) is 0 Å². The molecule has 0 aromatic heterocycles. The molecular weight excluding hydrogens is 152 g/mol. The van der Waals surface area contributed by atoms with Gasteiger partial charge >= 0.3 is 67.0 Å². The van der Waals surface area contributed by atoms with Crippen LogP contribution >= 0.6 is 0 Å². The molecule has 0 bridgehead atoms. The third kappa shape index (κ3) is 6.06. The van der Waals surface area contributed by atoms with E-state index >= 15 is 0 Å². The first-order chi connectivity index (χ1) is 4.31. The van der Waals surface area contributed by atoms with Crippen molar-refractivity contribution in [1.29, 1.82) is 0 Å². The molecule has 0 radical (unpaired) electrons. The van der Waals surface area contributed by atoms with Crippen molar-refractivity contribution in [3.05, 3.63) is 0 Å². The van der Waals surface area contributed by atoms with E-state index in [1.54, 1.807) is 20.4 Å². The van der Waals surface area contributed by atoms with Gasteiger partial charge in [-0.1, -0.05) is 0 Å². The summed E-state index contributed by atoms with van der Waals surface area (Å²) in [5.74, 6) is -0.0940. The van der Waals surface area contributed by atoms with Crippen LogP contribution in [0.3, 0.4) is 0 Å². The van der Waals surface area contributed by atoms with Gasteiger partial charge in [0, 0.05) is 0 Å². The number of unbranched alkanes of at least 4 members (excludes halogenated alkanes) is 1. The van der Waals surface area contributed by atoms with Crippen LogP contribution in [0, 0.1) is 0 Å². The van der Waals surface area contributed by atoms with Crippen LogP contribution in [0.2, 0.25) is 4.73 Å². The maximum absolute atomic E-state index is 10.5. The van der Waals surface area contributed by atoms with E-state index in [1.807, 2.05) is 0 Å². The van der Waals surface area contributed by atoms with Crippen LogP contribution in [-0.4, -0.2) is 12.6 Å². The summed E-state index contributed by atoms with van der Waals surface area (Å²) in [6.45, 7) is 2.66. The van der Waals surface area contributed by atoms with Crippen molar-refractivity contribution in [3.63, 3.8) is 0 Å². The van der Waals surface area contributed by atoms with E-state index in [2.05, 4.69) is 6.92 Å². The van der Waals surface area contributed by atoms with Gasteiger partial charge in [-0.2, -0.15) is 0 Å². The van der Waals surface area contributed by atoms with Crippen LogP contribution in [0.5, 0.6) is 0 Å². The van der Waals surface area contributed by atoms with Gasteiger partial charge < -0.3 is 0 Å². The average molecular weight is 163 g/mol. The molecule has 0 heterocycles. The molecule has 0 spiro atoms. The Labute approximate surface area is 67.4 Å². The molecule has 0 aromatic carbocycles. The second kappa shape index (κ2) is 6.31. The van der Waals surface area contributed by atoms with Crippen LogP contribution in [-0.2, 0) is 30.0 Å². The van der Waals surface area contributed by atoms with Gasteiger partial charge in [-0.25, -0.2) is 0 Å².